The zero-order chi connectivity index (χ0) is 20.0. The summed E-state index contributed by atoms with van der Waals surface area (Å²) in [5.74, 6) is 1.23. The molecule has 1 aliphatic rings. The predicted octanol–water partition coefficient (Wildman–Crippen LogP) is 1.52. The first-order chi connectivity index (χ1) is 12.7. The smallest absolute Gasteiger partial charge is 0.238 e. The van der Waals surface area contributed by atoms with Gasteiger partial charge >= 0.3 is 0 Å². The molecule has 0 aromatic carbocycles. The second kappa shape index (κ2) is 9.88. The first-order valence-corrected chi connectivity index (χ1v) is 12.5. The number of sulfonamides is 1. The second-order valence-corrected chi connectivity index (χ2v) is 10.1. The van der Waals surface area contributed by atoms with Gasteiger partial charge in [-0.3, -0.25) is 4.79 Å². The zero-order valence-electron chi connectivity index (χ0n) is 16.6. The number of aryl methyl sites for hydroxylation is 1. The summed E-state index contributed by atoms with van der Waals surface area (Å²) in [6.45, 7) is 6.11. The standard InChI is InChI=1S/C17H31N5O3S2/c1-13(2)12-21-15(19-20-17(21)26-3)9-7-10-18-16(23)14-8-5-6-11-22(14)27(4,24)25/h13-14H,5-12H2,1-4H3,(H,18,23). The fourth-order valence-electron chi connectivity index (χ4n) is 3.34. The molecule has 1 aromatic rings. The van der Waals surface area contributed by atoms with Crippen molar-refractivity contribution >= 4 is 27.7 Å². The highest BCUT2D eigenvalue weighted by atomic mass is 32.2. The molecule has 1 aliphatic heterocycles. The molecule has 10 heteroatoms. The molecule has 0 saturated carbocycles. The van der Waals surface area contributed by atoms with E-state index in [0.29, 0.717) is 25.4 Å². The van der Waals surface area contributed by atoms with Gasteiger partial charge in [-0.1, -0.05) is 32.0 Å². The summed E-state index contributed by atoms with van der Waals surface area (Å²) in [5.41, 5.74) is 0. The van der Waals surface area contributed by atoms with Gasteiger partial charge in [0, 0.05) is 26.1 Å². The highest BCUT2D eigenvalue weighted by molar-refractivity contribution is 7.98. The van der Waals surface area contributed by atoms with Crippen LogP contribution in [0.4, 0.5) is 0 Å². The molecule has 2 heterocycles. The lowest BCUT2D eigenvalue weighted by atomic mass is 10.0. The molecule has 0 radical (unpaired) electrons. The van der Waals surface area contributed by atoms with Gasteiger partial charge in [-0.05, 0) is 31.4 Å². The lowest BCUT2D eigenvalue weighted by Crippen LogP contribution is -2.51. The van der Waals surface area contributed by atoms with E-state index in [-0.39, 0.29) is 5.91 Å². The van der Waals surface area contributed by atoms with Crippen molar-refractivity contribution in [3.63, 3.8) is 0 Å². The highest BCUT2D eigenvalue weighted by Gasteiger charge is 2.34. The van der Waals surface area contributed by atoms with Crippen LogP contribution in [-0.2, 0) is 27.8 Å². The minimum Gasteiger partial charge on any atom is -0.355 e. The topological polar surface area (TPSA) is 97.2 Å². The maximum Gasteiger partial charge on any atom is 0.238 e. The van der Waals surface area contributed by atoms with E-state index in [2.05, 4.69) is 33.9 Å². The average Bonchev–Trinajstić information content (AvgIpc) is 2.98. The fraction of sp³-hybridized carbons (Fsp3) is 0.824. The van der Waals surface area contributed by atoms with Crippen molar-refractivity contribution < 1.29 is 13.2 Å². The fourth-order valence-corrected chi connectivity index (χ4v) is 4.99. The summed E-state index contributed by atoms with van der Waals surface area (Å²) in [6.07, 6.45) is 6.88. The first-order valence-electron chi connectivity index (χ1n) is 9.44. The van der Waals surface area contributed by atoms with Gasteiger partial charge in [-0.25, -0.2) is 8.42 Å². The van der Waals surface area contributed by atoms with Gasteiger partial charge in [0.25, 0.3) is 0 Å². The third-order valence-electron chi connectivity index (χ3n) is 4.58. The summed E-state index contributed by atoms with van der Waals surface area (Å²) in [6, 6.07) is -0.582. The van der Waals surface area contributed by atoms with Crippen LogP contribution in [0.5, 0.6) is 0 Å². The van der Waals surface area contributed by atoms with E-state index in [9.17, 15) is 13.2 Å². The molecule has 1 N–H and O–H groups in total. The Balaban J connectivity index is 1.88. The minimum atomic E-state index is -3.36. The molecule has 1 unspecified atom stereocenters. The number of hydrogen-bond donors (Lipinski definition) is 1. The molecule has 8 nitrogen and oxygen atoms in total. The number of carbonyl (C=O) groups is 1. The number of thioether (sulfide) groups is 1. The third-order valence-corrected chi connectivity index (χ3v) is 6.54. The zero-order valence-corrected chi connectivity index (χ0v) is 18.3. The van der Waals surface area contributed by atoms with Crippen LogP contribution in [0.1, 0.15) is 45.4 Å². The Labute approximate surface area is 166 Å². The molecular weight excluding hydrogens is 386 g/mol. The average molecular weight is 418 g/mol. The minimum absolute atomic E-state index is 0.200. The van der Waals surface area contributed by atoms with Crippen molar-refractivity contribution in [1.29, 1.82) is 0 Å². The molecule has 1 fully saturated rings. The number of piperidine rings is 1. The van der Waals surface area contributed by atoms with Gasteiger partial charge in [-0.15, -0.1) is 10.2 Å². The molecule has 27 heavy (non-hydrogen) atoms. The van der Waals surface area contributed by atoms with Crippen molar-refractivity contribution in [2.45, 2.75) is 63.7 Å². The Morgan fingerprint density at radius 1 is 1.33 bits per heavy atom. The third kappa shape index (κ3) is 6.18. The molecule has 1 atom stereocenters. The SMILES string of the molecule is CSc1nnc(CCCNC(=O)C2CCCCN2S(C)(=O)=O)n1CC(C)C. The summed E-state index contributed by atoms with van der Waals surface area (Å²) in [7, 11) is -3.36. The van der Waals surface area contributed by atoms with Crippen LogP contribution in [0.3, 0.4) is 0 Å². The predicted molar refractivity (Wildman–Crippen MR) is 107 cm³/mol. The summed E-state index contributed by atoms with van der Waals surface area (Å²) in [5, 5.41) is 12.3. The van der Waals surface area contributed by atoms with Gasteiger partial charge in [0.15, 0.2) is 5.16 Å². The summed E-state index contributed by atoms with van der Waals surface area (Å²) in [4.78, 5) is 12.5. The Morgan fingerprint density at radius 3 is 2.70 bits per heavy atom. The number of amides is 1. The quantitative estimate of drug-likeness (QED) is 0.483. The highest BCUT2D eigenvalue weighted by Crippen LogP contribution is 2.20. The molecule has 1 amide bonds. The van der Waals surface area contributed by atoms with Gasteiger partial charge in [-0.2, -0.15) is 4.31 Å². The van der Waals surface area contributed by atoms with E-state index < -0.39 is 16.1 Å². The Kier molecular flexibility index (Phi) is 8.11. The van der Waals surface area contributed by atoms with E-state index in [1.54, 1.807) is 11.8 Å². The number of nitrogens with one attached hydrogen (secondary N) is 1. The molecule has 0 spiro atoms. The lowest BCUT2D eigenvalue weighted by Gasteiger charge is -2.32. The van der Waals surface area contributed by atoms with Crippen LogP contribution >= 0.6 is 11.8 Å². The van der Waals surface area contributed by atoms with Crippen molar-refractivity contribution in [3.05, 3.63) is 5.82 Å². The maximum atomic E-state index is 12.5. The van der Waals surface area contributed by atoms with Crippen LogP contribution in [0.2, 0.25) is 0 Å². The monoisotopic (exact) mass is 417 g/mol. The molecule has 2 rings (SSSR count). The first kappa shape index (κ1) is 22.2. The van der Waals surface area contributed by atoms with Crippen molar-refractivity contribution in [1.82, 2.24) is 24.4 Å². The number of hydrogen-bond acceptors (Lipinski definition) is 6. The molecule has 0 bridgehead atoms. The second-order valence-electron chi connectivity index (χ2n) is 7.39. The normalized spacial score (nSPS) is 18.8. The van der Waals surface area contributed by atoms with E-state index in [4.69, 9.17) is 0 Å². The number of nitrogens with zero attached hydrogens (tertiary/aromatic N) is 4. The summed E-state index contributed by atoms with van der Waals surface area (Å²) < 4.78 is 27.3. The number of aromatic nitrogens is 3. The van der Waals surface area contributed by atoms with Crippen LogP contribution in [0.25, 0.3) is 0 Å². The van der Waals surface area contributed by atoms with Crippen molar-refractivity contribution in [2.24, 2.45) is 5.92 Å². The van der Waals surface area contributed by atoms with Crippen LogP contribution < -0.4 is 5.32 Å². The van der Waals surface area contributed by atoms with Gasteiger partial charge in [0.05, 0.1) is 6.26 Å². The molecule has 154 valence electrons. The van der Waals surface area contributed by atoms with E-state index >= 15 is 0 Å². The molecule has 1 saturated heterocycles. The van der Waals surface area contributed by atoms with E-state index in [1.165, 1.54) is 10.6 Å². The van der Waals surface area contributed by atoms with Crippen LogP contribution in [0, 0.1) is 5.92 Å². The van der Waals surface area contributed by atoms with Gasteiger partial charge in [0.1, 0.15) is 11.9 Å². The maximum absolute atomic E-state index is 12.5. The van der Waals surface area contributed by atoms with Gasteiger partial charge in [0.2, 0.25) is 15.9 Å². The lowest BCUT2D eigenvalue weighted by molar-refractivity contribution is -0.125. The van der Waals surface area contributed by atoms with Crippen LogP contribution in [-0.4, -0.2) is 65.0 Å². The van der Waals surface area contributed by atoms with E-state index in [1.807, 2.05) is 6.26 Å². The molecule has 0 aliphatic carbocycles. The Morgan fingerprint density at radius 2 is 2.07 bits per heavy atom. The number of rotatable bonds is 9. The van der Waals surface area contributed by atoms with Gasteiger partial charge < -0.3 is 9.88 Å². The summed E-state index contributed by atoms with van der Waals surface area (Å²) >= 11 is 1.58. The van der Waals surface area contributed by atoms with Crippen molar-refractivity contribution in [2.75, 3.05) is 25.6 Å². The Bertz CT molecular complexity index is 733. The van der Waals surface area contributed by atoms with Crippen LogP contribution in [0.15, 0.2) is 5.16 Å². The largest absolute Gasteiger partial charge is 0.355 e. The van der Waals surface area contributed by atoms with Crippen molar-refractivity contribution in [3.8, 4) is 0 Å². The van der Waals surface area contributed by atoms with E-state index in [0.717, 1.165) is 43.2 Å². The number of carbonyl (C=O) groups excluding carboxylic acids is 1. The molecule has 1 aromatic heterocycles. The Hall–Kier alpha value is -1.13. The molecular formula is C17H31N5O3S2.